The van der Waals surface area contributed by atoms with E-state index in [9.17, 15) is 14.0 Å². The third-order valence-electron chi connectivity index (χ3n) is 2.59. The van der Waals surface area contributed by atoms with Crippen LogP contribution in [0.4, 0.5) is 4.39 Å². The summed E-state index contributed by atoms with van der Waals surface area (Å²) >= 11 is 5.77. The minimum Gasteiger partial charge on any atom is -0.480 e. The third kappa shape index (κ3) is 4.38. The molecule has 2 unspecified atom stereocenters. The molecule has 1 aromatic carbocycles. The summed E-state index contributed by atoms with van der Waals surface area (Å²) in [6, 6.07) is 2.54. The van der Waals surface area contributed by atoms with Gasteiger partial charge in [-0.2, -0.15) is 0 Å². The molecule has 0 aliphatic rings. The Balaban J connectivity index is 2.68. The molecule has 0 heterocycles. The van der Waals surface area contributed by atoms with Crippen molar-refractivity contribution in [1.29, 1.82) is 0 Å². The molecule has 5 nitrogen and oxygen atoms in total. The predicted molar refractivity (Wildman–Crippen MR) is 71.4 cm³/mol. The maximum atomic E-state index is 12.9. The molecule has 0 aliphatic carbocycles. The van der Waals surface area contributed by atoms with Crippen molar-refractivity contribution in [2.75, 3.05) is 0 Å². The Labute approximate surface area is 120 Å². The normalized spacial score (nSPS) is 13.4. The second kappa shape index (κ2) is 7.09. The van der Waals surface area contributed by atoms with Gasteiger partial charge in [0.1, 0.15) is 17.6 Å². The molecule has 0 spiro atoms. The fourth-order valence-corrected chi connectivity index (χ4v) is 1.65. The standard InChI is InChI=1S/C13H15ClFNO4/c1-3-10(13(18)19)16-12(17)7(2)20-11-5-4-8(15)6-9(11)14/h4-7,10H,3H2,1-2H3,(H,16,17)(H,18,19). The molecule has 0 bridgehead atoms. The van der Waals surface area contributed by atoms with Crippen LogP contribution in [0.3, 0.4) is 0 Å². The molecular formula is C13H15ClFNO4. The Morgan fingerprint density at radius 1 is 1.50 bits per heavy atom. The van der Waals surface area contributed by atoms with E-state index in [1.165, 1.54) is 13.0 Å². The van der Waals surface area contributed by atoms with Crippen LogP contribution in [0, 0.1) is 5.82 Å². The Hall–Kier alpha value is -1.82. The van der Waals surface area contributed by atoms with Crippen molar-refractivity contribution in [3.8, 4) is 5.75 Å². The average Bonchev–Trinajstić information content (AvgIpc) is 2.38. The number of rotatable bonds is 6. The quantitative estimate of drug-likeness (QED) is 0.845. The van der Waals surface area contributed by atoms with E-state index in [0.29, 0.717) is 0 Å². The fourth-order valence-electron chi connectivity index (χ4n) is 1.44. The molecule has 0 radical (unpaired) electrons. The number of benzene rings is 1. The molecule has 20 heavy (non-hydrogen) atoms. The van der Waals surface area contributed by atoms with Crippen molar-refractivity contribution in [3.05, 3.63) is 29.0 Å². The van der Waals surface area contributed by atoms with Gasteiger partial charge in [0.25, 0.3) is 5.91 Å². The first-order valence-electron chi connectivity index (χ1n) is 6.00. The van der Waals surface area contributed by atoms with Crippen molar-refractivity contribution in [1.82, 2.24) is 5.32 Å². The van der Waals surface area contributed by atoms with Crippen LogP contribution in [-0.4, -0.2) is 29.1 Å². The Morgan fingerprint density at radius 3 is 2.65 bits per heavy atom. The number of halogens is 2. The van der Waals surface area contributed by atoms with E-state index in [4.69, 9.17) is 21.4 Å². The highest BCUT2D eigenvalue weighted by Crippen LogP contribution is 2.25. The first kappa shape index (κ1) is 16.2. The van der Waals surface area contributed by atoms with E-state index in [1.54, 1.807) is 6.92 Å². The number of carboxylic acids is 1. The Kier molecular flexibility index (Phi) is 5.76. The number of ether oxygens (including phenoxy) is 1. The lowest BCUT2D eigenvalue weighted by Gasteiger charge is -2.18. The zero-order valence-electron chi connectivity index (χ0n) is 11.0. The van der Waals surface area contributed by atoms with Gasteiger partial charge in [0.15, 0.2) is 6.10 Å². The molecular weight excluding hydrogens is 289 g/mol. The van der Waals surface area contributed by atoms with E-state index >= 15 is 0 Å². The van der Waals surface area contributed by atoms with Crippen LogP contribution in [0.15, 0.2) is 18.2 Å². The highest BCUT2D eigenvalue weighted by Gasteiger charge is 2.22. The fraction of sp³-hybridized carbons (Fsp3) is 0.385. The summed E-state index contributed by atoms with van der Waals surface area (Å²) in [7, 11) is 0. The lowest BCUT2D eigenvalue weighted by molar-refractivity contribution is -0.143. The topological polar surface area (TPSA) is 75.6 Å². The number of carbonyl (C=O) groups is 2. The number of amides is 1. The molecule has 0 saturated heterocycles. The van der Waals surface area contributed by atoms with Gasteiger partial charge in [-0.15, -0.1) is 0 Å². The van der Waals surface area contributed by atoms with Crippen molar-refractivity contribution in [2.24, 2.45) is 0 Å². The van der Waals surface area contributed by atoms with E-state index < -0.39 is 29.8 Å². The number of aliphatic carboxylic acids is 1. The molecule has 1 rings (SSSR count). The smallest absolute Gasteiger partial charge is 0.326 e. The molecule has 2 atom stereocenters. The zero-order valence-corrected chi connectivity index (χ0v) is 11.8. The van der Waals surface area contributed by atoms with Gasteiger partial charge in [0, 0.05) is 0 Å². The van der Waals surface area contributed by atoms with Crippen LogP contribution >= 0.6 is 11.6 Å². The van der Waals surface area contributed by atoms with Crippen molar-refractivity contribution >= 4 is 23.5 Å². The molecule has 7 heteroatoms. The van der Waals surface area contributed by atoms with Crippen LogP contribution in [0.2, 0.25) is 5.02 Å². The average molecular weight is 304 g/mol. The third-order valence-corrected chi connectivity index (χ3v) is 2.89. The molecule has 0 saturated carbocycles. The van der Waals surface area contributed by atoms with Crippen LogP contribution in [0.1, 0.15) is 20.3 Å². The van der Waals surface area contributed by atoms with Crippen molar-refractivity contribution in [2.45, 2.75) is 32.4 Å². The summed E-state index contributed by atoms with van der Waals surface area (Å²) in [4.78, 5) is 22.6. The van der Waals surface area contributed by atoms with Gasteiger partial charge in [-0.25, -0.2) is 9.18 Å². The summed E-state index contributed by atoms with van der Waals surface area (Å²) < 4.78 is 18.1. The SMILES string of the molecule is CCC(NC(=O)C(C)Oc1ccc(F)cc1Cl)C(=O)O. The van der Waals surface area contributed by atoms with Crippen molar-refractivity contribution in [3.63, 3.8) is 0 Å². The number of nitrogens with one attached hydrogen (secondary N) is 1. The largest absolute Gasteiger partial charge is 0.480 e. The van der Waals surface area contributed by atoms with Crippen LogP contribution in [0.5, 0.6) is 5.75 Å². The summed E-state index contributed by atoms with van der Waals surface area (Å²) in [6.07, 6.45) is -0.697. The molecule has 110 valence electrons. The highest BCUT2D eigenvalue weighted by molar-refractivity contribution is 6.32. The Morgan fingerprint density at radius 2 is 2.15 bits per heavy atom. The lowest BCUT2D eigenvalue weighted by atomic mass is 10.2. The van der Waals surface area contributed by atoms with Gasteiger partial charge in [-0.3, -0.25) is 4.79 Å². The van der Waals surface area contributed by atoms with Gasteiger partial charge in [0.2, 0.25) is 0 Å². The maximum Gasteiger partial charge on any atom is 0.326 e. The van der Waals surface area contributed by atoms with Crippen LogP contribution in [0.25, 0.3) is 0 Å². The summed E-state index contributed by atoms with van der Waals surface area (Å²) in [5, 5.41) is 11.2. The number of hydrogen-bond donors (Lipinski definition) is 2. The molecule has 1 amide bonds. The Bertz CT molecular complexity index is 509. The summed E-state index contributed by atoms with van der Waals surface area (Å²) in [5.41, 5.74) is 0. The molecule has 0 aromatic heterocycles. The van der Waals surface area contributed by atoms with E-state index in [-0.39, 0.29) is 17.2 Å². The van der Waals surface area contributed by atoms with Crippen LogP contribution < -0.4 is 10.1 Å². The molecule has 2 N–H and O–H groups in total. The van der Waals surface area contributed by atoms with Gasteiger partial charge < -0.3 is 15.2 Å². The van der Waals surface area contributed by atoms with Crippen LogP contribution in [-0.2, 0) is 9.59 Å². The minimum atomic E-state index is -1.12. The number of hydrogen-bond acceptors (Lipinski definition) is 3. The van der Waals surface area contributed by atoms with E-state index in [1.807, 2.05) is 0 Å². The summed E-state index contributed by atoms with van der Waals surface area (Å²) in [5.74, 6) is -2.07. The van der Waals surface area contributed by atoms with E-state index in [0.717, 1.165) is 12.1 Å². The monoisotopic (exact) mass is 303 g/mol. The van der Waals surface area contributed by atoms with Crippen molar-refractivity contribution < 1.29 is 23.8 Å². The lowest BCUT2D eigenvalue weighted by Crippen LogP contribution is -2.45. The second-order valence-electron chi connectivity index (χ2n) is 4.14. The first-order valence-corrected chi connectivity index (χ1v) is 6.37. The number of carbonyl (C=O) groups excluding carboxylic acids is 1. The maximum absolute atomic E-state index is 12.9. The van der Waals surface area contributed by atoms with Gasteiger partial charge in [0.05, 0.1) is 5.02 Å². The summed E-state index contributed by atoms with van der Waals surface area (Å²) in [6.45, 7) is 3.09. The minimum absolute atomic E-state index is 0.0370. The molecule has 1 aromatic rings. The molecule has 0 aliphatic heterocycles. The zero-order chi connectivity index (χ0) is 15.3. The molecule has 0 fully saturated rings. The highest BCUT2D eigenvalue weighted by atomic mass is 35.5. The van der Waals surface area contributed by atoms with Gasteiger partial charge in [-0.1, -0.05) is 18.5 Å². The van der Waals surface area contributed by atoms with E-state index in [2.05, 4.69) is 5.32 Å². The number of carboxylic acid groups (broad SMARTS) is 1. The van der Waals surface area contributed by atoms with Gasteiger partial charge >= 0.3 is 5.97 Å². The second-order valence-corrected chi connectivity index (χ2v) is 4.55. The first-order chi connectivity index (χ1) is 9.35. The van der Waals surface area contributed by atoms with Gasteiger partial charge in [-0.05, 0) is 31.5 Å². The predicted octanol–water partition coefficient (Wildman–Crippen LogP) is 2.23.